The van der Waals surface area contributed by atoms with E-state index in [4.69, 9.17) is 10.5 Å². The summed E-state index contributed by atoms with van der Waals surface area (Å²) in [6.45, 7) is 5.70. The Morgan fingerprint density at radius 2 is 2.44 bits per heavy atom. The molecule has 2 N–H and O–H groups in total. The van der Waals surface area contributed by atoms with Gasteiger partial charge in [-0.1, -0.05) is 6.58 Å². The molecule has 0 aliphatic rings. The Morgan fingerprint density at radius 1 is 1.69 bits per heavy atom. The van der Waals surface area contributed by atoms with Crippen LogP contribution in [0, 0.1) is 0 Å². The summed E-state index contributed by atoms with van der Waals surface area (Å²) in [6, 6.07) is 0. The minimum Gasteiger partial charge on any atom is -0.405 e. The number of ether oxygens (including phenoxy) is 1. The normalized spacial score (nSPS) is 14.2. The van der Waals surface area contributed by atoms with Crippen molar-refractivity contribution in [1.82, 2.24) is 9.78 Å². The van der Waals surface area contributed by atoms with Crippen molar-refractivity contribution in [3.05, 3.63) is 49.0 Å². The Morgan fingerprint density at radius 3 is 3.00 bits per heavy atom. The van der Waals surface area contributed by atoms with Crippen molar-refractivity contribution in [3.8, 4) is 0 Å². The highest BCUT2D eigenvalue weighted by molar-refractivity contribution is 5.57. The average Bonchev–Trinajstić information content (AvgIpc) is 2.78. The van der Waals surface area contributed by atoms with Crippen LogP contribution in [0.3, 0.4) is 0 Å². The standard InChI is InChI=1S/C12H17N3O/c1-4-12(6-5-7-13)15-9-11(8-14-15)10(2)16-3/h4-10H,1,13H2,2-3H3/b7-5-,12-6+. The first kappa shape index (κ1) is 12.3. The lowest BCUT2D eigenvalue weighted by atomic mass is 10.2. The van der Waals surface area contributed by atoms with Gasteiger partial charge in [-0.05, 0) is 31.4 Å². The minimum atomic E-state index is 0.0323. The quantitative estimate of drug-likeness (QED) is 0.771. The van der Waals surface area contributed by atoms with E-state index >= 15 is 0 Å². The summed E-state index contributed by atoms with van der Waals surface area (Å²) in [7, 11) is 1.67. The van der Waals surface area contributed by atoms with Crippen molar-refractivity contribution in [2.24, 2.45) is 5.73 Å². The molecule has 0 amide bonds. The Bertz CT molecular complexity index is 404. The van der Waals surface area contributed by atoms with Gasteiger partial charge in [0.2, 0.25) is 0 Å². The van der Waals surface area contributed by atoms with Crippen molar-refractivity contribution in [2.45, 2.75) is 13.0 Å². The van der Waals surface area contributed by atoms with E-state index in [2.05, 4.69) is 11.7 Å². The number of aromatic nitrogens is 2. The minimum absolute atomic E-state index is 0.0323. The lowest BCUT2D eigenvalue weighted by Gasteiger charge is -2.05. The van der Waals surface area contributed by atoms with Gasteiger partial charge in [-0.2, -0.15) is 5.10 Å². The maximum Gasteiger partial charge on any atom is 0.0823 e. The summed E-state index contributed by atoms with van der Waals surface area (Å²) in [5.74, 6) is 0. The van der Waals surface area contributed by atoms with Crippen LogP contribution in [0.4, 0.5) is 0 Å². The highest BCUT2D eigenvalue weighted by Crippen LogP contribution is 2.16. The molecule has 0 spiro atoms. The lowest BCUT2D eigenvalue weighted by molar-refractivity contribution is 0.119. The summed E-state index contributed by atoms with van der Waals surface area (Å²) in [5, 5.41) is 4.23. The van der Waals surface area contributed by atoms with Crippen LogP contribution < -0.4 is 5.73 Å². The summed E-state index contributed by atoms with van der Waals surface area (Å²) in [6.07, 6.45) is 10.5. The predicted octanol–water partition coefficient (Wildman–Crippen LogP) is 2.09. The average molecular weight is 219 g/mol. The molecular formula is C12H17N3O. The van der Waals surface area contributed by atoms with Crippen molar-refractivity contribution in [2.75, 3.05) is 7.11 Å². The predicted molar refractivity (Wildman–Crippen MR) is 65.4 cm³/mol. The van der Waals surface area contributed by atoms with Crippen LogP contribution in [0.5, 0.6) is 0 Å². The molecule has 1 aromatic rings. The highest BCUT2D eigenvalue weighted by atomic mass is 16.5. The molecule has 1 rings (SSSR count). The number of hydrogen-bond acceptors (Lipinski definition) is 3. The number of nitrogens with two attached hydrogens (primary N) is 1. The summed E-state index contributed by atoms with van der Waals surface area (Å²) < 4.78 is 6.95. The first-order valence-corrected chi connectivity index (χ1v) is 5.01. The molecule has 0 bridgehead atoms. The van der Waals surface area contributed by atoms with Crippen LogP contribution in [0.15, 0.2) is 43.4 Å². The lowest BCUT2D eigenvalue weighted by Crippen LogP contribution is -1.96. The smallest absolute Gasteiger partial charge is 0.0823 e. The van der Waals surface area contributed by atoms with Gasteiger partial charge >= 0.3 is 0 Å². The maximum atomic E-state index is 5.28. The molecule has 1 aromatic heterocycles. The summed E-state index contributed by atoms with van der Waals surface area (Å²) in [5.41, 5.74) is 7.15. The zero-order chi connectivity index (χ0) is 12.0. The van der Waals surface area contributed by atoms with E-state index < -0.39 is 0 Å². The van der Waals surface area contributed by atoms with Crippen molar-refractivity contribution in [1.29, 1.82) is 0 Å². The third kappa shape index (κ3) is 2.84. The van der Waals surface area contributed by atoms with Gasteiger partial charge in [0.25, 0.3) is 0 Å². The molecule has 0 fully saturated rings. The van der Waals surface area contributed by atoms with E-state index in [9.17, 15) is 0 Å². The Balaban J connectivity index is 2.95. The molecule has 0 saturated carbocycles. The van der Waals surface area contributed by atoms with E-state index in [0.717, 1.165) is 11.3 Å². The van der Waals surface area contributed by atoms with Gasteiger partial charge in [-0.25, -0.2) is 4.68 Å². The molecule has 0 saturated heterocycles. The van der Waals surface area contributed by atoms with Crippen LogP contribution in [-0.4, -0.2) is 16.9 Å². The van der Waals surface area contributed by atoms with E-state index in [1.54, 1.807) is 30.1 Å². The van der Waals surface area contributed by atoms with Crippen LogP contribution >= 0.6 is 0 Å². The van der Waals surface area contributed by atoms with Crippen LogP contribution in [0.1, 0.15) is 18.6 Å². The molecule has 0 aromatic carbocycles. The topological polar surface area (TPSA) is 53.1 Å². The summed E-state index contributed by atoms with van der Waals surface area (Å²) >= 11 is 0. The molecule has 4 nitrogen and oxygen atoms in total. The zero-order valence-electron chi connectivity index (χ0n) is 9.63. The number of hydrogen-bond donors (Lipinski definition) is 1. The van der Waals surface area contributed by atoms with Crippen molar-refractivity contribution >= 4 is 5.70 Å². The largest absolute Gasteiger partial charge is 0.405 e. The van der Waals surface area contributed by atoms with Crippen LogP contribution in [-0.2, 0) is 4.74 Å². The van der Waals surface area contributed by atoms with E-state index in [1.165, 1.54) is 6.20 Å². The van der Waals surface area contributed by atoms with Gasteiger partial charge in [-0.3, -0.25) is 0 Å². The van der Waals surface area contributed by atoms with Gasteiger partial charge in [0, 0.05) is 18.9 Å². The van der Waals surface area contributed by atoms with E-state index in [0.29, 0.717) is 0 Å². The maximum absolute atomic E-state index is 5.28. The molecule has 0 aliphatic heterocycles. The van der Waals surface area contributed by atoms with Gasteiger partial charge in [-0.15, -0.1) is 0 Å². The third-order valence-electron chi connectivity index (χ3n) is 2.28. The second kappa shape index (κ2) is 5.92. The Labute approximate surface area is 95.7 Å². The van der Waals surface area contributed by atoms with Gasteiger partial charge in [0.15, 0.2) is 0 Å². The number of methoxy groups -OCH3 is 1. The van der Waals surface area contributed by atoms with Crippen molar-refractivity contribution in [3.63, 3.8) is 0 Å². The third-order valence-corrected chi connectivity index (χ3v) is 2.28. The number of allylic oxidation sites excluding steroid dienone is 4. The monoisotopic (exact) mass is 219 g/mol. The molecule has 86 valence electrons. The van der Waals surface area contributed by atoms with Gasteiger partial charge < -0.3 is 10.5 Å². The second-order valence-corrected chi connectivity index (χ2v) is 3.28. The van der Waals surface area contributed by atoms with E-state index in [-0.39, 0.29) is 6.10 Å². The molecular weight excluding hydrogens is 202 g/mol. The SMILES string of the molecule is C=C/C(=C\C=C/N)n1cc(C(C)OC)cn1. The fourth-order valence-corrected chi connectivity index (χ4v) is 1.22. The molecule has 1 heterocycles. The zero-order valence-corrected chi connectivity index (χ0v) is 9.63. The van der Waals surface area contributed by atoms with Gasteiger partial charge in [0.05, 0.1) is 18.0 Å². The number of rotatable bonds is 5. The number of nitrogens with zero attached hydrogens (tertiary/aromatic N) is 2. The molecule has 1 unspecified atom stereocenters. The first-order valence-electron chi connectivity index (χ1n) is 5.01. The molecule has 1 atom stereocenters. The molecule has 0 radical (unpaired) electrons. The molecule has 0 aliphatic carbocycles. The first-order chi connectivity index (χ1) is 7.72. The fourth-order valence-electron chi connectivity index (χ4n) is 1.22. The fraction of sp³-hybridized carbons (Fsp3) is 0.250. The molecule has 16 heavy (non-hydrogen) atoms. The van der Waals surface area contributed by atoms with Crippen LogP contribution in [0.25, 0.3) is 5.70 Å². The van der Waals surface area contributed by atoms with Gasteiger partial charge in [0.1, 0.15) is 0 Å². The second-order valence-electron chi connectivity index (χ2n) is 3.28. The van der Waals surface area contributed by atoms with E-state index in [1.807, 2.05) is 19.2 Å². The Hall–Kier alpha value is -1.81. The van der Waals surface area contributed by atoms with Crippen molar-refractivity contribution < 1.29 is 4.74 Å². The van der Waals surface area contributed by atoms with Crippen LogP contribution in [0.2, 0.25) is 0 Å². The summed E-state index contributed by atoms with van der Waals surface area (Å²) in [4.78, 5) is 0. The highest BCUT2D eigenvalue weighted by Gasteiger charge is 2.07. The molecule has 4 heteroatoms. The Kier molecular flexibility index (Phi) is 4.54.